The maximum Gasteiger partial charge on any atom is 0.0718 e. The molecule has 2 heteroatoms. The molecule has 6 unspecified atom stereocenters. The minimum Gasteiger partial charge on any atom is -0.336 e. The van der Waals surface area contributed by atoms with E-state index in [0.717, 1.165) is 11.8 Å². The number of allylic oxidation sites excluding steroid dienone is 8. The number of hydrogen-bond donors (Lipinski definition) is 0. The van der Waals surface area contributed by atoms with Crippen LogP contribution in [-0.2, 0) is 12.0 Å². The molecule has 32 heavy (non-hydrogen) atoms. The molecule has 2 aliphatic heterocycles. The highest BCUT2D eigenvalue weighted by molar-refractivity contribution is 8.00. The predicted molar refractivity (Wildman–Crippen MR) is 137 cm³/mol. The van der Waals surface area contributed by atoms with Gasteiger partial charge in [-0.2, -0.15) is 0 Å². The van der Waals surface area contributed by atoms with Gasteiger partial charge in [-0.3, -0.25) is 0 Å². The molecule has 1 nitrogen and oxygen atoms in total. The smallest absolute Gasteiger partial charge is 0.0718 e. The first-order chi connectivity index (χ1) is 15.3. The molecule has 0 saturated carbocycles. The molecule has 0 amide bonds. The third-order valence-electron chi connectivity index (χ3n) is 9.78. The molecule has 0 aromatic carbocycles. The summed E-state index contributed by atoms with van der Waals surface area (Å²) in [4.78, 5) is 1.59. The monoisotopic (exact) mass is 445 g/mol. The second-order valence-corrected chi connectivity index (χ2v) is 12.9. The summed E-state index contributed by atoms with van der Waals surface area (Å²) >= 11 is 2.19. The first-order valence-corrected chi connectivity index (χ1v) is 13.9. The van der Waals surface area contributed by atoms with Crippen molar-refractivity contribution in [1.29, 1.82) is 0 Å². The molecular weight excluding hydrogens is 406 g/mol. The molecule has 170 valence electrons. The maximum atomic E-state index is 2.89. The van der Waals surface area contributed by atoms with Gasteiger partial charge in [0, 0.05) is 39.3 Å². The van der Waals surface area contributed by atoms with Crippen LogP contribution in [0.5, 0.6) is 0 Å². The second kappa shape index (κ2) is 7.05. The van der Waals surface area contributed by atoms with Crippen LogP contribution in [-0.4, -0.2) is 9.82 Å². The van der Waals surface area contributed by atoms with E-state index in [-0.39, 0.29) is 5.54 Å². The fourth-order valence-corrected chi connectivity index (χ4v) is 10.1. The SMILES string of the molecule is CCC12C=CC1(CC)n1c(cc3c1CC(C1C=C(C)C=C(C)C1)S3)[C@@H]1C=C(C)CC(C)C12. The summed E-state index contributed by atoms with van der Waals surface area (Å²) in [5.74, 6) is 2.74. The van der Waals surface area contributed by atoms with Gasteiger partial charge in [0.2, 0.25) is 0 Å². The Hall–Kier alpha value is -1.41. The first kappa shape index (κ1) is 21.1. The van der Waals surface area contributed by atoms with Crippen LogP contribution in [0.1, 0.15) is 84.5 Å². The Labute approximate surface area is 199 Å². The Bertz CT molecular complexity index is 1100. The maximum absolute atomic E-state index is 2.89. The third kappa shape index (κ3) is 2.54. The van der Waals surface area contributed by atoms with Crippen molar-refractivity contribution in [2.45, 2.75) is 95.2 Å². The molecule has 0 fully saturated rings. The van der Waals surface area contributed by atoms with Crippen molar-refractivity contribution in [1.82, 2.24) is 4.57 Å². The molecule has 7 atom stereocenters. The van der Waals surface area contributed by atoms with Crippen LogP contribution in [0.2, 0.25) is 0 Å². The predicted octanol–water partition coefficient (Wildman–Crippen LogP) is 8.19. The molecule has 3 aliphatic carbocycles. The Morgan fingerprint density at radius 3 is 2.47 bits per heavy atom. The highest BCUT2D eigenvalue weighted by atomic mass is 32.2. The zero-order chi connectivity index (χ0) is 22.4. The molecule has 3 heterocycles. The number of aromatic nitrogens is 1. The summed E-state index contributed by atoms with van der Waals surface area (Å²) in [5.41, 5.74) is 8.37. The topological polar surface area (TPSA) is 4.93 Å². The minimum absolute atomic E-state index is 0.183. The quantitative estimate of drug-likeness (QED) is 0.425. The molecule has 1 aromatic rings. The van der Waals surface area contributed by atoms with Crippen LogP contribution >= 0.6 is 11.8 Å². The third-order valence-corrected chi connectivity index (χ3v) is 11.2. The highest BCUT2D eigenvalue weighted by Crippen LogP contribution is 2.69. The van der Waals surface area contributed by atoms with E-state index in [1.54, 1.807) is 27.4 Å². The van der Waals surface area contributed by atoms with Crippen LogP contribution in [0, 0.1) is 23.2 Å². The Morgan fingerprint density at radius 1 is 1.00 bits per heavy atom. The van der Waals surface area contributed by atoms with Crippen molar-refractivity contribution >= 4 is 11.8 Å². The van der Waals surface area contributed by atoms with Crippen molar-refractivity contribution in [3.8, 4) is 0 Å². The number of nitrogens with zero attached hydrogens (tertiary/aromatic N) is 1. The van der Waals surface area contributed by atoms with Gasteiger partial charge in [0.1, 0.15) is 0 Å². The normalized spacial score (nSPS) is 41.6. The molecule has 1 aromatic heterocycles. The fourth-order valence-electron chi connectivity index (χ4n) is 8.70. The molecule has 5 aliphatic rings. The lowest BCUT2D eigenvalue weighted by atomic mass is 9.44. The zero-order valence-corrected chi connectivity index (χ0v) is 21.6. The average molecular weight is 446 g/mol. The lowest BCUT2D eigenvalue weighted by Gasteiger charge is -2.65. The van der Waals surface area contributed by atoms with E-state index in [1.165, 1.54) is 37.7 Å². The summed E-state index contributed by atoms with van der Waals surface area (Å²) in [7, 11) is 0. The summed E-state index contributed by atoms with van der Waals surface area (Å²) < 4.78 is 2.89. The van der Waals surface area contributed by atoms with Gasteiger partial charge in [0.15, 0.2) is 0 Å². The molecule has 0 spiro atoms. The van der Waals surface area contributed by atoms with Crippen molar-refractivity contribution in [3.05, 3.63) is 64.6 Å². The molecule has 0 N–H and O–H groups in total. The standard InChI is InChI=1S/C30H39NS/c1-7-29-9-10-30(29,8-2)31-24(23-15-20(5)12-21(6)28(23)29)16-27-25(31)17-26(32-27)22-13-18(3)11-19(4)14-22/h9-11,13,15-16,21-23,26,28H,7-8,12,14,17H2,1-6H3/t21?,22?,23-,26?,28?,29?,30?/m0/s1. The van der Waals surface area contributed by atoms with Gasteiger partial charge >= 0.3 is 0 Å². The second-order valence-electron chi connectivity index (χ2n) is 11.6. The molecule has 0 radical (unpaired) electrons. The van der Waals surface area contributed by atoms with E-state index in [2.05, 4.69) is 94.3 Å². The van der Waals surface area contributed by atoms with E-state index < -0.39 is 0 Å². The molecule has 0 saturated heterocycles. The number of fused-ring (bicyclic) bond motifs is 8. The Kier molecular flexibility index (Phi) is 4.66. The summed E-state index contributed by atoms with van der Waals surface area (Å²) in [6.45, 7) is 14.4. The Balaban J connectivity index is 1.47. The van der Waals surface area contributed by atoms with Crippen LogP contribution in [0.4, 0.5) is 0 Å². The summed E-state index contributed by atoms with van der Waals surface area (Å²) in [6, 6.07) is 2.63. The van der Waals surface area contributed by atoms with E-state index in [1.807, 2.05) is 0 Å². The van der Waals surface area contributed by atoms with Crippen LogP contribution in [0.3, 0.4) is 0 Å². The average Bonchev–Trinajstić information content (AvgIpc) is 3.28. The van der Waals surface area contributed by atoms with Gasteiger partial charge in [-0.1, -0.05) is 67.9 Å². The number of hydrogen-bond acceptors (Lipinski definition) is 1. The van der Waals surface area contributed by atoms with Crippen LogP contribution in [0.15, 0.2) is 58.1 Å². The Morgan fingerprint density at radius 2 is 1.81 bits per heavy atom. The summed E-state index contributed by atoms with van der Waals surface area (Å²) in [5, 5.41) is 0.686. The zero-order valence-electron chi connectivity index (χ0n) is 20.7. The van der Waals surface area contributed by atoms with Gasteiger partial charge in [0.25, 0.3) is 0 Å². The van der Waals surface area contributed by atoms with E-state index in [9.17, 15) is 0 Å². The van der Waals surface area contributed by atoms with Crippen molar-refractivity contribution in [2.24, 2.45) is 23.2 Å². The highest BCUT2D eigenvalue weighted by Gasteiger charge is 2.64. The number of thioether (sulfide) groups is 1. The van der Waals surface area contributed by atoms with Gasteiger partial charge in [-0.25, -0.2) is 0 Å². The van der Waals surface area contributed by atoms with Crippen molar-refractivity contribution < 1.29 is 0 Å². The fraction of sp³-hybridized carbons (Fsp3) is 0.600. The lowest BCUT2D eigenvalue weighted by Crippen LogP contribution is -2.63. The summed E-state index contributed by atoms with van der Waals surface area (Å²) in [6.07, 6.45) is 19.0. The molecule has 6 rings (SSSR count). The number of rotatable bonds is 3. The van der Waals surface area contributed by atoms with Crippen molar-refractivity contribution in [2.75, 3.05) is 0 Å². The van der Waals surface area contributed by atoms with Gasteiger partial charge in [-0.15, -0.1) is 11.8 Å². The largest absolute Gasteiger partial charge is 0.336 e. The van der Waals surface area contributed by atoms with Gasteiger partial charge in [-0.05, 0) is 70.3 Å². The molecular formula is C30H39NS. The van der Waals surface area contributed by atoms with E-state index in [4.69, 9.17) is 0 Å². The minimum atomic E-state index is 0.183. The lowest BCUT2D eigenvalue weighted by molar-refractivity contribution is -0.0339. The van der Waals surface area contributed by atoms with E-state index in [0.29, 0.717) is 22.5 Å². The first-order valence-electron chi connectivity index (χ1n) is 13.0. The van der Waals surface area contributed by atoms with Crippen molar-refractivity contribution in [3.63, 3.8) is 0 Å². The molecule has 0 bridgehead atoms. The van der Waals surface area contributed by atoms with Gasteiger partial charge in [0.05, 0.1) is 5.54 Å². The van der Waals surface area contributed by atoms with Gasteiger partial charge < -0.3 is 4.57 Å². The van der Waals surface area contributed by atoms with Crippen LogP contribution in [0.25, 0.3) is 0 Å². The van der Waals surface area contributed by atoms with Crippen LogP contribution < -0.4 is 0 Å². The van der Waals surface area contributed by atoms with E-state index >= 15 is 0 Å².